The quantitative estimate of drug-likeness (QED) is 0.251. The first-order valence-corrected chi connectivity index (χ1v) is 11.4. The Hall–Kier alpha value is -4.30. The summed E-state index contributed by atoms with van der Waals surface area (Å²) in [5.41, 5.74) is 2.00. The molecule has 2 aromatic carbocycles. The average Bonchev–Trinajstić information content (AvgIpc) is 3.38. The van der Waals surface area contributed by atoms with Crippen LogP contribution < -0.4 is 14.8 Å². The summed E-state index contributed by atoms with van der Waals surface area (Å²) in [6.07, 6.45) is 5.01. The van der Waals surface area contributed by atoms with Crippen LogP contribution in [-0.2, 0) is 29.2 Å². The van der Waals surface area contributed by atoms with Gasteiger partial charge in [-0.2, -0.15) is 0 Å². The number of nitrogens with one attached hydrogen (secondary N) is 1. The molecule has 36 heavy (non-hydrogen) atoms. The van der Waals surface area contributed by atoms with Gasteiger partial charge in [-0.05, 0) is 60.0 Å². The highest BCUT2D eigenvalue weighted by molar-refractivity contribution is 6.31. The van der Waals surface area contributed by atoms with Gasteiger partial charge in [0, 0.05) is 10.6 Å². The highest BCUT2D eigenvalue weighted by Crippen LogP contribution is 2.35. The highest BCUT2D eigenvalue weighted by atomic mass is 35.5. The molecular formula is C27H23ClN2O6. The van der Waals surface area contributed by atoms with Gasteiger partial charge in [-0.3, -0.25) is 19.8 Å². The summed E-state index contributed by atoms with van der Waals surface area (Å²) in [6.45, 7) is 3.98. The largest absolute Gasteiger partial charge is 0.493 e. The molecule has 4 amide bonds. The fourth-order valence-corrected chi connectivity index (χ4v) is 3.81. The Morgan fingerprint density at radius 2 is 1.92 bits per heavy atom. The molecule has 0 spiro atoms. The number of methoxy groups -OCH3 is 1. The zero-order chi connectivity index (χ0) is 25.7. The normalized spacial score (nSPS) is 14.7. The number of nitrogens with zero attached hydrogens (tertiary/aromatic N) is 1. The molecule has 0 radical (unpaired) electrons. The van der Waals surface area contributed by atoms with E-state index < -0.39 is 17.8 Å². The Morgan fingerprint density at radius 1 is 1.14 bits per heavy atom. The fourth-order valence-electron chi connectivity index (χ4n) is 3.69. The van der Waals surface area contributed by atoms with Gasteiger partial charge < -0.3 is 13.9 Å². The molecule has 1 saturated heterocycles. The van der Waals surface area contributed by atoms with Crippen LogP contribution in [0.3, 0.4) is 0 Å². The van der Waals surface area contributed by atoms with E-state index in [0.717, 1.165) is 16.0 Å². The molecule has 9 heteroatoms. The van der Waals surface area contributed by atoms with Crippen molar-refractivity contribution in [2.24, 2.45) is 0 Å². The summed E-state index contributed by atoms with van der Waals surface area (Å²) in [6, 6.07) is 13.2. The predicted molar refractivity (Wildman–Crippen MR) is 133 cm³/mol. The van der Waals surface area contributed by atoms with Gasteiger partial charge >= 0.3 is 6.03 Å². The lowest BCUT2D eigenvalue weighted by molar-refractivity contribution is -0.130. The van der Waals surface area contributed by atoms with Crippen molar-refractivity contribution in [1.82, 2.24) is 10.2 Å². The molecule has 184 valence electrons. The first-order valence-electron chi connectivity index (χ1n) is 11.0. The maximum absolute atomic E-state index is 13.0. The van der Waals surface area contributed by atoms with Gasteiger partial charge in [-0.15, -0.1) is 6.58 Å². The minimum atomic E-state index is -0.811. The first-order chi connectivity index (χ1) is 17.4. The number of hydrogen-bond donors (Lipinski definition) is 1. The number of carbonyl (C=O) groups excluding carboxylic acids is 3. The van der Waals surface area contributed by atoms with Crippen LogP contribution in [-0.4, -0.2) is 29.9 Å². The number of ether oxygens (including phenoxy) is 2. The summed E-state index contributed by atoms with van der Waals surface area (Å²) in [4.78, 5) is 38.8. The zero-order valence-corrected chi connectivity index (χ0v) is 20.2. The summed E-state index contributed by atoms with van der Waals surface area (Å²) in [5.74, 6) is -0.171. The standard InChI is InChI=1S/C27H23ClN2O6/c1-3-5-19-12-18(14-23(34-2)24(19)36-16-17-7-9-20(28)10-8-17)13-22-25(31)29-27(33)30(26(22)32)15-21-6-4-11-35-21/h3-4,6-14H,1,5,15-16H2,2H3,(H,29,31,33)/b22-13+. The van der Waals surface area contributed by atoms with Gasteiger partial charge in [0.25, 0.3) is 11.8 Å². The molecule has 0 bridgehead atoms. The monoisotopic (exact) mass is 506 g/mol. The lowest BCUT2D eigenvalue weighted by Crippen LogP contribution is -2.53. The second-order valence-electron chi connectivity index (χ2n) is 7.91. The van der Waals surface area contributed by atoms with Crippen molar-refractivity contribution in [3.63, 3.8) is 0 Å². The van der Waals surface area contributed by atoms with Gasteiger partial charge in [0.15, 0.2) is 11.5 Å². The maximum Gasteiger partial charge on any atom is 0.331 e. The van der Waals surface area contributed by atoms with Crippen molar-refractivity contribution < 1.29 is 28.3 Å². The van der Waals surface area contributed by atoms with E-state index in [2.05, 4.69) is 11.9 Å². The third-order valence-corrected chi connectivity index (χ3v) is 5.68. The van der Waals surface area contributed by atoms with Gasteiger partial charge in [-0.1, -0.05) is 29.8 Å². The number of hydrogen-bond acceptors (Lipinski definition) is 6. The van der Waals surface area contributed by atoms with Crippen molar-refractivity contribution in [3.05, 3.63) is 100 Å². The van der Waals surface area contributed by atoms with Crippen LogP contribution in [0.5, 0.6) is 11.5 Å². The van der Waals surface area contributed by atoms with Crippen LogP contribution >= 0.6 is 11.6 Å². The van der Waals surface area contributed by atoms with E-state index in [1.807, 2.05) is 12.1 Å². The Bertz CT molecular complexity index is 1330. The topological polar surface area (TPSA) is 98.1 Å². The number of allylic oxidation sites excluding steroid dienone is 1. The fraction of sp³-hybridized carbons (Fsp3) is 0.148. The van der Waals surface area contributed by atoms with E-state index in [1.54, 1.807) is 42.5 Å². The molecule has 0 unspecified atom stereocenters. The number of furan rings is 1. The van der Waals surface area contributed by atoms with Crippen LogP contribution in [0.25, 0.3) is 6.08 Å². The molecule has 1 N–H and O–H groups in total. The van der Waals surface area contributed by atoms with Gasteiger partial charge in [0.05, 0.1) is 19.9 Å². The molecule has 0 atom stereocenters. The Labute approximate surface area is 212 Å². The maximum atomic E-state index is 13.0. The minimum Gasteiger partial charge on any atom is -0.493 e. The van der Waals surface area contributed by atoms with Crippen molar-refractivity contribution >= 4 is 35.5 Å². The van der Waals surface area contributed by atoms with Crippen LogP contribution in [0.2, 0.25) is 5.02 Å². The lowest BCUT2D eigenvalue weighted by Gasteiger charge is -2.25. The van der Waals surface area contributed by atoms with E-state index >= 15 is 0 Å². The average molecular weight is 507 g/mol. The van der Waals surface area contributed by atoms with Gasteiger partial charge in [0.1, 0.15) is 17.9 Å². The third kappa shape index (κ3) is 5.50. The number of halogens is 1. The highest BCUT2D eigenvalue weighted by Gasteiger charge is 2.36. The summed E-state index contributed by atoms with van der Waals surface area (Å²) >= 11 is 5.96. The van der Waals surface area contributed by atoms with Crippen molar-refractivity contribution in [2.45, 2.75) is 19.6 Å². The van der Waals surface area contributed by atoms with E-state index in [9.17, 15) is 14.4 Å². The molecular weight excluding hydrogens is 484 g/mol. The number of imide groups is 2. The molecule has 4 rings (SSSR count). The molecule has 8 nitrogen and oxygen atoms in total. The number of rotatable bonds is 9. The number of urea groups is 1. The van der Waals surface area contributed by atoms with Crippen LogP contribution in [0, 0.1) is 0 Å². The molecule has 3 aromatic rings. The predicted octanol–water partition coefficient (Wildman–Crippen LogP) is 4.91. The van der Waals surface area contributed by atoms with E-state index in [-0.39, 0.29) is 18.7 Å². The minimum absolute atomic E-state index is 0.106. The third-order valence-electron chi connectivity index (χ3n) is 5.43. The number of carbonyl (C=O) groups is 3. The van der Waals surface area contributed by atoms with Crippen LogP contribution in [0.15, 0.2) is 77.4 Å². The smallest absolute Gasteiger partial charge is 0.331 e. The second-order valence-corrected chi connectivity index (χ2v) is 8.34. The lowest BCUT2D eigenvalue weighted by atomic mass is 10.0. The Balaban J connectivity index is 1.65. The number of amides is 4. The summed E-state index contributed by atoms with van der Waals surface area (Å²) in [5, 5.41) is 2.83. The number of benzene rings is 2. The van der Waals surface area contributed by atoms with Gasteiger partial charge in [0.2, 0.25) is 0 Å². The summed E-state index contributed by atoms with van der Waals surface area (Å²) in [7, 11) is 1.50. The molecule has 2 heterocycles. The second kappa shape index (κ2) is 11.0. The molecule has 0 saturated carbocycles. The van der Waals surface area contributed by atoms with E-state index in [1.165, 1.54) is 19.4 Å². The van der Waals surface area contributed by atoms with E-state index in [4.69, 9.17) is 25.5 Å². The van der Waals surface area contributed by atoms with Crippen molar-refractivity contribution in [2.75, 3.05) is 7.11 Å². The Kier molecular flexibility index (Phi) is 7.56. The molecule has 0 aliphatic carbocycles. The molecule has 1 aromatic heterocycles. The zero-order valence-electron chi connectivity index (χ0n) is 19.5. The summed E-state index contributed by atoms with van der Waals surface area (Å²) < 4.78 is 16.9. The van der Waals surface area contributed by atoms with Gasteiger partial charge in [-0.25, -0.2) is 4.79 Å². The first kappa shape index (κ1) is 24.8. The molecule has 1 aliphatic heterocycles. The van der Waals surface area contributed by atoms with Crippen LogP contribution in [0.4, 0.5) is 4.79 Å². The number of barbiturate groups is 1. The van der Waals surface area contributed by atoms with Crippen molar-refractivity contribution in [1.29, 1.82) is 0 Å². The van der Waals surface area contributed by atoms with Crippen LogP contribution in [0.1, 0.15) is 22.5 Å². The molecule has 1 fully saturated rings. The Morgan fingerprint density at radius 3 is 2.58 bits per heavy atom. The van der Waals surface area contributed by atoms with E-state index in [0.29, 0.717) is 34.3 Å². The SMILES string of the molecule is C=CCc1cc(/C=C2\C(=O)NC(=O)N(Cc3ccco3)C2=O)cc(OC)c1OCc1ccc(Cl)cc1. The molecule has 1 aliphatic rings. The van der Waals surface area contributed by atoms with Crippen molar-refractivity contribution in [3.8, 4) is 11.5 Å².